The molecule has 10 atom stereocenters. The zero-order valence-electron chi connectivity index (χ0n) is 18.9. The van der Waals surface area contributed by atoms with Gasteiger partial charge in [0.2, 0.25) is 6.29 Å². The van der Waals surface area contributed by atoms with Gasteiger partial charge in [-0.25, -0.2) is 0 Å². The Bertz CT molecular complexity index is 878. The maximum atomic E-state index is 12.0. The summed E-state index contributed by atoms with van der Waals surface area (Å²) in [6.07, 6.45) is -16.1. The SMILES string of the molecule is COc1cc(O)c(C(C)=O)c(O[C@H]2O[C@@H](CO[C@H]3O[C@@H](CO)[C@@H](O)[C@@H](O)[C@H]3O)[C@@H](O)[C@@H](O)[C@H]2O)c1. The van der Waals surface area contributed by atoms with Crippen molar-refractivity contribution in [2.45, 2.75) is 68.3 Å². The van der Waals surface area contributed by atoms with Gasteiger partial charge in [-0.05, 0) is 6.92 Å². The second-order valence-corrected chi connectivity index (χ2v) is 8.24. The molecular weight excluding hydrogens is 476 g/mol. The summed E-state index contributed by atoms with van der Waals surface area (Å²) in [7, 11) is 1.31. The van der Waals surface area contributed by atoms with Crippen molar-refractivity contribution in [1.29, 1.82) is 0 Å². The lowest BCUT2D eigenvalue weighted by molar-refractivity contribution is -0.323. The number of rotatable bonds is 8. The largest absolute Gasteiger partial charge is 0.507 e. The monoisotopic (exact) mass is 506 g/mol. The van der Waals surface area contributed by atoms with E-state index in [0.29, 0.717) is 0 Å². The van der Waals surface area contributed by atoms with Crippen molar-refractivity contribution in [3.8, 4) is 17.2 Å². The van der Waals surface area contributed by atoms with Gasteiger partial charge in [0.1, 0.15) is 71.6 Å². The van der Waals surface area contributed by atoms with E-state index in [1.54, 1.807) is 0 Å². The van der Waals surface area contributed by atoms with Gasteiger partial charge < -0.3 is 64.5 Å². The van der Waals surface area contributed by atoms with Gasteiger partial charge in [0.25, 0.3) is 0 Å². The second-order valence-electron chi connectivity index (χ2n) is 8.24. The van der Waals surface area contributed by atoms with Crippen LogP contribution in [-0.2, 0) is 14.2 Å². The Morgan fingerprint density at radius 3 is 2.03 bits per heavy atom. The third-order valence-electron chi connectivity index (χ3n) is 5.83. The van der Waals surface area contributed by atoms with Crippen LogP contribution in [0, 0.1) is 0 Å². The topological polar surface area (TPSA) is 225 Å². The summed E-state index contributed by atoms with van der Waals surface area (Å²) in [5.41, 5.74) is -0.240. The Morgan fingerprint density at radius 1 is 0.886 bits per heavy atom. The van der Waals surface area contributed by atoms with Gasteiger partial charge >= 0.3 is 0 Å². The summed E-state index contributed by atoms with van der Waals surface area (Å²) in [6.45, 7) is -0.0707. The maximum Gasteiger partial charge on any atom is 0.229 e. The van der Waals surface area contributed by atoms with E-state index in [9.17, 15) is 45.6 Å². The van der Waals surface area contributed by atoms with Crippen LogP contribution in [0.25, 0.3) is 0 Å². The number of hydrogen-bond donors (Lipinski definition) is 8. The number of methoxy groups -OCH3 is 1. The zero-order valence-corrected chi connectivity index (χ0v) is 18.9. The molecule has 14 heteroatoms. The number of carbonyl (C=O) groups is 1. The first-order chi connectivity index (χ1) is 16.5. The summed E-state index contributed by atoms with van der Waals surface area (Å²) >= 11 is 0. The first-order valence-electron chi connectivity index (χ1n) is 10.7. The lowest BCUT2D eigenvalue weighted by atomic mass is 9.98. The number of aromatic hydroxyl groups is 1. The number of carbonyl (C=O) groups excluding carboxylic acids is 1. The fourth-order valence-corrected chi connectivity index (χ4v) is 3.81. The Labute approximate surface area is 199 Å². The minimum absolute atomic E-state index is 0.121. The van der Waals surface area contributed by atoms with Crippen LogP contribution in [0.1, 0.15) is 17.3 Å². The van der Waals surface area contributed by atoms with Crippen LogP contribution in [0.4, 0.5) is 0 Å². The van der Waals surface area contributed by atoms with Gasteiger partial charge in [-0.15, -0.1) is 0 Å². The minimum atomic E-state index is -1.79. The first kappa shape index (κ1) is 27.5. The number of benzene rings is 1. The smallest absolute Gasteiger partial charge is 0.229 e. The van der Waals surface area contributed by atoms with Gasteiger partial charge in [0.15, 0.2) is 12.1 Å². The number of aliphatic hydroxyl groups is 7. The normalized spacial score (nSPS) is 37.6. The average Bonchev–Trinajstić information content (AvgIpc) is 2.82. The Morgan fingerprint density at radius 2 is 1.46 bits per heavy atom. The number of ether oxygens (including phenoxy) is 5. The summed E-state index contributed by atoms with van der Waals surface area (Å²) in [6, 6.07) is 2.43. The van der Waals surface area contributed by atoms with E-state index in [1.807, 2.05) is 0 Å². The van der Waals surface area contributed by atoms with Gasteiger partial charge in [-0.2, -0.15) is 0 Å². The maximum absolute atomic E-state index is 12.0. The predicted molar refractivity (Wildman–Crippen MR) is 112 cm³/mol. The quantitative estimate of drug-likeness (QED) is 0.161. The molecule has 0 aliphatic carbocycles. The molecule has 2 fully saturated rings. The van der Waals surface area contributed by atoms with Crippen LogP contribution < -0.4 is 9.47 Å². The lowest BCUT2D eigenvalue weighted by Gasteiger charge is -2.42. The number of ketones is 1. The van der Waals surface area contributed by atoms with Crippen LogP contribution in [0.15, 0.2) is 12.1 Å². The molecule has 198 valence electrons. The molecular formula is C21H30O14. The molecule has 35 heavy (non-hydrogen) atoms. The highest BCUT2D eigenvalue weighted by molar-refractivity contribution is 5.99. The van der Waals surface area contributed by atoms with E-state index < -0.39 is 86.2 Å². The highest BCUT2D eigenvalue weighted by Crippen LogP contribution is 2.36. The highest BCUT2D eigenvalue weighted by atomic mass is 16.7. The molecule has 3 rings (SSSR count). The van der Waals surface area contributed by atoms with E-state index in [1.165, 1.54) is 26.2 Å². The lowest BCUT2D eigenvalue weighted by Crippen LogP contribution is -2.62. The Kier molecular flexibility index (Phi) is 8.87. The molecule has 0 radical (unpaired) electrons. The third kappa shape index (κ3) is 5.67. The Hall–Kier alpha value is -2.11. The number of phenolic OH excluding ortho intramolecular Hbond substituents is 1. The zero-order chi connectivity index (χ0) is 26.0. The van der Waals surface area contributed by atoms with Crippen LogP contribution in [0.2, 0.25) is 0 Å². The van der Waals surface area contributed by atoms with Crippen molar-refractivity contribution in [2.75, 3.05) is 20.3 Å². The molecule has 2 aliphatic rings. The van der Waals surface area contributed by atoms with Crippen LogP contribution in [-0.4, -0.2) is 128 Å². The highest BCUT2D eigenvalue weighted by Gasteiger charge is 2.48. The number of hydrogen-bond acceptors (Lipinski definition) is 14. The first-order valence-corrected chi connectivity index (χ1v) is 10.7. The van der Waals surface area contributed by atoms with Crippen molar-refractivity contribution in [3.05, 3.63) is 17.7 Å². The van der Waals surface area contributed by atoms with E-state index in [-0.39, 0.29) is 17.1 Å². The van der Waals surface area contributed by atoms with Gasteiger partial charge in [-0.1, -0.05) is 0 Å². The Balaban J connectivity index is 1.76. The molecule has 1 aromatic carbocycles. The molecule has 8 N–H and O–H groups in total. The third-order valence-corrected chi connectivity index (χ3v) is 5.83. The summed E-state index contributed by atoms with van der Waals surface area (Å²) in [5, 5.41) is 80.2. The molecule has 0 saturated carbocycles. The summed E-state index contributed by atoms with van der Waals surface area (Å²) in [4.78, 5) is 12.0. The van der Waals surface area contributed by atoms with Crippen LogP contribution >= 0.6 is 0 Å². The average molecular weight is 506 g/mol. The molecule has 1 aromatic rings. The van der Waals surface area contributed by atoms with Crippen molar-refractivity contribution in [3.63, 3.8) is 0 Å². The van der Waals surface area contributed by atoms with Gasteiger partial charge in [-0.3, -0.25) is 4.79 Å². The number of aliphatic hydroxyl groups excluding tert-OH is 7. The van der Waals surface area contributed by atoms with Crippen molar-refractivity contribution < 1.29 is 69.3 Å². The minimum Gasteiger partial charge on any atom is -0.507 e. The second kappa shape index (κ2) is 11.3. The fourth-order valence-electron chi connectivity index (χ4n) is 3.81. The molecule has 0 spiro atoms. The van der Waals surface area contributed by atoms with E-state index in [4.69, 9.17) is 23.7 Å². The van der Waals surface area contributed by atoms with Crippen molar-refractivity contribution >= 4 is 5.78 Å². The standard InChI is InChI=1S/C21H30O14/c1-7(23)13-9(24)3-8(31-2)4-10(13)33-21-19(30)17(28)15(26)12(35-21)6-32-20-18(29)16(27)14(25)11(5-22)34-20/h3-4,11-12,14-22,24-30H,5-6H2,1-2H3/t11-,12-,14+,15+,16+,17+,18+,19+,20-,21-/m0/s1. The summed E-state index contributed by atoms with van der Waals surface area (Å²) < 4.78 is 26.7. The molecule has 14 nitrogen and oxygen atoms in total. The fraction of sp³-hybridized carbons (Fsp3) is 0.667. The molecule has 0 bridgehead atoms. The molecule has 0 aromatic heterocycles. The van der Waals surface area contributed by atoms with E-state index in [2.05, 4.69) is 0 Å². The number of Topliss-reactive ketones (excluding diaryl/α,β-unsaturated/α-hetero) is 1. The van der Waals surface area contributed by atoms with Gasteiger partial charge in [0.05, 0.1) is 20.3 Å². The van der Waals surface area contributed by atoms with Crippen molar-refractivity contribution in [1.82, 2.24) is 0 Å². The predicted octanol–water partition coefficient (Wildman–Crippen LogP) is -3.39. The molecule has 2 saturated heterocycles. The van der Waals surface area contributed by atoms with E-state index >= 15 is 0 Å². The number of phenols is 1. The molecule has 0 amide bonds. The van der Waals surface area contributed by atoms with Gasteiger partial charge in [0, 0.05) is 12.1 Å². The van der Waals surface area contributed by atoms with Crippen LogP contribution in [0.3, 0.4) is 0 Å². The summed E-state index contributed by atoms with van der Waals surface area (Å²) in [5.74, 6) is -1.14. The molecule has 2 aliphatic heterocycles. The van der Waals surface area contributed by atoms with Crippen LogP contribution in [0.5, 0.6) is 17.2 Å². The molecule has 2 heterocycles. The van der Waals surface area contributed by atoms with Crippen molar-refractivity contribution in [2.24, 2.45) is 0 Å². The molecule has 0 unspecified atom stereocenters. The van der Waals surface area contributed by atoms with E-state index in [0.717, 1.165) is 0 Å².